The number of carbonyl (C=O) groups excluding carboxylic acids is 1. The number of amides is 1. The van der Waals surface area contributed by atoms with Gasteiger partial charge in [-0.3, -0.25) is 24.7 Å². The van der Waals surface area contributed by atoms with Gasteiger partial charge in [0.25, 0.3) is 0 Å². The molecule has 6 heteroatoms. The summed E-state index contributed by atoms with van der Waals surface area (Å²) >= 11 is 0. The van der Waals surface area contributed by atoms with Crippen molar-refractivity contribution >= 4 is 11.6 Å². The number of carbonyl (C=O) groups is 1. The number of aromatic nitrogens is 3. The van der Waals surface area contributed by atoms with Crippen molar-refractivity contribution in [3.63, 3.8) is 0 Å². The SMILES string of the molecule is Cc1cc(C2=NCc3cc(CC(=O)N[C@@H]4CCCc5ccncc54)ncc32)ccn1. The lowest BCUT2D eigenvalue weighted by molar-refractivity contribution is -0.121. The molecule has 0 aromatic carbocycles. The van der Waals surface area contributed by atoms with Gasteiger partial charge in [0.2, 0.25) is 5.91 Å². The third-order valence-electron chi connectivity index (χ3n) is 5.82. The Morgan fingerprint density at radius 3 is 2.97 bits per heavy atom. The van der Waals surface area contributed by atoms with E-state index >= 15 is 0 Å². The van der Waals surface area contributed by atoms with Crippen LogP contribution in [0.2, 0.25) is 0 Å². The van der Waals surface area contributed by atoms with E-state index in [-0.39, 0.29) is 18.4 Å². The van der Waals surface area contributed by atoms with Crippen molar-refractivity contribution in [3.8, 4) is 0 Å². The van der Waals surface area contributed by atoms with Gasteiger partial charge < -0.3 is 5.32 Å². The minimum Gasteiger partial charge on any atom is -0.349 e. The Hall–Kier alpha value is -3.41. The molecule has 0 radical (unpaired) electrons. The minimum atomic E-state index is -0.00643. The number of aliphatic imine (C=N–C) groups is 1. The molecular formula is C24H23N5O. The van der Waals surface area contributed by atoms with E-state index in [0.29, 0.717) is 6.54 Å². The van der Waals surface area contributed by atoms with E-state index in [0.717, 1.165) is 58.6 Å². The highest BCUT2D eigenvalue weighted by molar-refractivity contribution is 6.15. The zero-order chi connectivity index (χ0) is 20.5. The summed E-state index contributed by atoms with van der Waals surface area (Å²) in [6.45, 7) is 2.59. The van der Waals surface area contributed by atoms with Gasteiger partial charge in [-0.25, -0.2) is 0 Å². The van der Waals surface area contributed by atoms with Gasteiger partial charge in [-0.15, -0.1) is 0 Å². The van der Waals surface area contributed by atoms with Crippen LogP contribution < -0.4 is 5.32 Å². The van der Waals surface area contributed by atoms with Gasteiger partial charge >= 0.3 is 0 Å². The molecule has 4 heterocycles. The van der Waals surface area contributed by atoms with Crippen molar-refractivity contribution in [1.29, 1.82) is 0 Å². The lowest BCUT2D eigenvalue weighted by Crippen LogP contribution is -2.32. The van der Waals surface area contributed by atoms with Crippen molar-refractivity contribution < 1.29 is 4.79 Å². The number of fused-ring (bicyclic) bond motifs is 2. The summed E-state index contributed by atoms with van der Waals surface area (Å²) in [7, 11) is 0. The maximum absolute atomic E-state index is 12.7. The first-order valence-electron chi connectivity index (χ1n) is 10.3. The highest BCUT2D eigenvalue weighted by atomic mass is 16.1. The van der Waals surface area contributed by atoms with Gasteiger partial charge in [0, 0.05) is 41.6 Å². The first-order valence-corrected chi connectivity index (χ1v) is 10.3. The molecule has 1 N–H and O–H groups in total. The maximum Gasteiger partial charge on any atom is 0.226 e. The topological polar surface area (TPSA) is 80.1 Å². The van der Waals surface area contributed by atoms with Crippen LogP contribution in [0.3, 0.4) is 0 Å². The predicted octanol–water partition coefficient (Wildman–Crippen LogP) is 3.27. The van der Waals surface area contributed by atoms with Crippen LogP contribution in [0.1, 0.15) is 58.1 Å². The Labute approximate surface area is 175 Å². The van der Waals surface area contributed by atoms with Crippen molar-refractivity contribution in [3.05, 3.63) is 88.3 Å². The Kier molecular flexibility index (Phi) is 4.83. The summed E-state index contributed by atoms with van der Waals surface area (Å²) in [5, 5.41) is 3.18. The molecule has 150 valence electrons. The van der Waals surface area contributed by atoms with Crippen LogP contribution in [0.25, 0.3) is 0 Å². The number of hydrogen-bond donors (Lipinski definition) is 1. The number of rotatable bonds is 4. The second-order valence-corrected chi connectivity index (χ2v) is 7.95. The molecule has 0 fully saturated rings. The van der Waals surface area contributed by atoms with Crippen LogP contribution in [0.15, 0.2) is 54.0 Å². The fourth-order valence-electron chi connectivity index (χ4n) is 4.37. The molecule has 1 aliphatic heterocycles. The lowest BCUT2D eigenvalue weighted by atomic mass is 9.89. The van der Waals surface area contributed by atoms with E-state index in [1.54, 1.807) is 6.20 Å². The van der Waals surface area contributed by atoms with E-state index in [2.05, 4.69) is 26.3 Å². The molecule has 1 aliphatic carbocycles. The maximum atomic E-state index is 12.7. The van der Waals surface area contributed by atoms with Crippen LogP contribution >= 0.6 is 0 Å². The zero-order valence-corrected chi connectivity index (χ0v) is 16.9. The molecule has 0 spiro atoms. The number of nitrogens with zero attached hydrogens (tertiary/aromatic N) is 4. The molecule has 6 nitrogen and oxygen atoms in total. The molecule has 0 unspecified atom stereocenters. The van der Waals surface area contributed by atoms with E-state index in [1.165, 1.54) is 5.56 Å². The van der Waals surface area contributed by atoms with Gasteiger partial charge in [0.1, 0.15) is 0 Å². The van der Waals surface area contributed by atoms with E-state index in [1.807, 2.05) is 43.7 Å². The molecule has 30 heavy (non-hydrogen) atoms. The molecule has 5 rings (SSSR count). The summed E-state index contributed by atoms with van der Waals surface area (Å²) in [5.41, 5.74) is 8.32. The minimum absolute atomic E-state index is 0.00643. The molecule has 3 aromatic rings. The summed E-state index contributed by atoms with van der Waals surface area (Å²) in [6.07, 6.45) is 10.7. The number of aryl methyl sites for hydroxylation is 2. The molecule has 3 aromatic heterocycles. The standard InChI is InChI=1S/C24H23N5O/c1-15-9-17(6-8-26-15)24-21-14-27-19(10-18(21)12-28-24)11-23(30)29-22-4-2-3-16-5-7-25-13-20(16)22/h5-10,13-14,22H,2-4,11-12H2,1H3,(H,29,30)/t22-/m1/s1. The van der Waals surface area contributed by atoms with Gasteiger partial charge in [-0.05, 0) is 67.1 Å². The monoisotopic (exact) mass is 397 g/mol. The van der Waals surface area contributed by atoms with Crippen molar-refractivity contribution in [1.82, 2.24) is 20.3 Å². The summed E-state index contributed by atoms with van der Waals surface area (Å²) < 4.78 is 0. The first-order chi connectivity index (χ1) is 14.7. The Morgan fingerprint density at radius 1 is 1.13 bits per heavy atom. The quantitative estimate of drug-likeness (QED) is 0.733. The average Bonchev–Trinajstić information content (AvgIpc) is 3.17. The van der Waals surface area contributed by atoms with E-state index in [9.17, 15) is 4.79 Å². The number of hydrogen-bond acceptors (Lipinski definition) is 5. The van der Waals surface area contributed by atoms with Crippen molar-refractivity contribution in [2.75, 3.05) is 0 Å². The molecule has 0 bridgehead atoms. The van der Waals surface area contributed by atoms with Gasteiger partial charge in [-0.1, -0.05) is 0 Å². The fraction of sp³-hybridized carbons (Fsp3) is 0.292. The van der Waals surface area contributed by atoms with Crippen LogP contribution in [0.5, 0.6) is 0 Å². The zero-order valence-electron chi connectivity index (χ0n) is 16.9. The molecular weight excluding hydrogens is 374 g/mol. The summed E-state index contributed by atoms with van der Waals surface area (Å²) in [5.74, 6) is -0.00643. The second kappa shape index (κ2) is 7.78. The Morgan fingerprint density at radius 2 is 2.07 bits per heavy atom. The molecule has 1 atom stereocenters. The normalized spacial score (nSPS) is 17.1. The molecule has 2 aliphatic rings. The number of pyridine rings is 3. The van der Waals surface area contributed by atoms with E-state index < -0.39 is 0 Å². The molecule has 1 amide bonds. The third-order valence-corrected chi connectivity index (χ3v) is 5.82. The van der Waals surface area contributed by atoms with Crippen LogP contribution in [-0.4, -0.2) is 26.6 Å². The second-order valence-electron chi connectivity index (χ2n) is 7.95. The number of nitrogens with one attached hydrogen (secondary N) is 1. The largest absolute Gasteiger partial charge is 0.349 e. The molecule has 0 saturated heterocycles. The van der Waals surface area contributed by atoms with Crippen LogP contribution in [0, 0.1) is 6.92 Å². The Bertz CT molecular complexity index is 1150. The summed E-state index contributed by atoms with van der Waals surface area (Å²) in [6, 6.07) is 8.10. The third kappa shape index (κ3) is 3.61. The van der Waals surface area contributed by atoms with E-state index in [4.69, 9.17) is 4.99 Å². The Balaban J connectivity index is 1.29. The average molecular weight is 397 g/mol. The van der Waals surface area contributed by atoms with Crippen molar-refractivity contribution in [2.45, 2.75) is 45.2 Å². The van der Waals surface area contributed by atoms with Crippen LogP contribution in [0.4, 0.5) is 0 Å². The van der Waals surface area contributed by atoms with Gasteiger partial charge in [0.05, 0.1) is 30.4 Å². The van der Waals surface area contributed by atoms with Gasteiger partial charge in [0.15, 0.2) is 0 Å². The first kappa shape index (κ1) is 18.6. The highest BCUT2D eigenvalue weighted by Gasteiger charge is 2.23. The highest BCUT2D eigenvalue weighted by Crippen LogP contribution is 2.29. The lowest BCUT2D eigenvalue weighted by Gasteiger charge is -2.25. The van der Waals surface area contributed by atoms with Crippen LogP contribution in [-0.2, 0) is 24.2 Å². The predicted molar refractivity (Wildman–Crippen MR) is 114 cm³/mol. The molecule has 0 saturated carbocycles. The smallest absolute Gasteiger partial charge is 0.226 e. The fourth-order valence-corrected chi connectivity index (χ4v) is 4.37. The van der Waals surface area contributed by atoms with Crippen molar-refractivity contribution in [2.24, 2.45) is 4.99 Å². The van der Waals surface area contributed by atoms with Gasteiger partial charge in [-0.2, -0.15) is 0 Å². The summed E-state index contributed by atoms with van der Waals surface area (Å²) in [4.78, 5) is 30.5.